The fraction of sp³-hybridized carbons (Fsp3) is 0.214. The van der Waals surface area contributed by atoms with Gasteiger partial charge in [0.2, 0.25) is 5.78 Å². The zero-order chi connectivity index (χ0) is 14.3. The number of rotatable bonds is 5. The maximum absolute atomic E-state index is 11.5. The minimum atomic E-state index is -1.13. The number of Topliss-reactive ketones (excluding diaryl/α,β-unsaturated/α-hetero) is 1. The minimum Gasteiger partial charge on any atom is -0.445 e. The molecule has 1 rings (SSSR count). The third-order valence-corrected chi connectivity index (χ3v) is 2.31. The van der Waals surface area contributed by atoms with E-state index in [4.69, 9.17) is 16.6 Å². The number of alkyl carbamates (subject to hydrolysis) is 1. The predicted molar refractivity (Wildman–Crippen MR) is 70.8 cm³/mol. The highest BCUT2D eigenvalue weighted by atomic mass is 16.5. The summed E-state index contributed by atoms with van der Waals surface area (Å²) >= 11 is 0. The van der Waals surface area contributed by atoms with E-state index in [1.807, 2.05) is 24.1 Å². The lowest BCUT2D eigenvalue weighted by atomic mass is 10.1. The first-order valence-corrected chi connectivity index (χ1v) is 5.57. The van der Waals surface area contributed by atoms with Crippen LogP contribution in [0.25, 0.3) is 0 Å². The van der Waals surface area contributed by atoms with Crippen LogP contribution in [0.5, 0.6) is 0 Å². The van der Waals surface area contributed by atoms with Gasteiger partial charge in [0.25, 0.3) is 0 Å². The molecular weight excluding hydrogens is 244 g/mol. The third-order valence-electron chi connectivity index (χ3n) is 2.31. The molecule has 0 bridgehead atoms. The van der Waals surface area contributed by atoms with E-state index in [9.17, 15) is 9.59 Å². The smallest absolute Gasteiger partial charge is 0.408 e. The van der Waals surface area contributed by atoms with Crippen LogP contribution in [-0.2, 0) is 16.1 Å². The molecule has 0 spiro atoms. The van der Waals surface area contributed by atoms with E-state index in [2.05, 4.69) is 5.32 Å². The summed E-state index contributed by atoms with van der Waals surface area (Å²) in [6.07, 6.45) is 4.18. The van der Waals surface area contributed by atoms with E-state index in [0.717, 1.165) is 5.56 Å². The van der Waals surface area contributed by atoms with Gasteiger partial charge in [0.05, 0.1) is 0 Å². The average molecular weight is 258 g/mol. The molecule has 1 aromatic rings. The Bertz CT molecular complexity index is 517. The molecule has 0 aromatic heterocycles. The summed E-state index contributed by atoms with van der Waals surface area (Å²) in [6, 6.07) is 7.97. The molecule has 0 saturated carbocycles. The zero-order valence-corrected chi connectivity index (χ0v) is 10.5. The van der Waals surface area contributed by atoms with Gasteiger partial charge in [-0.3, -0.25) is 4.79 Å². The SMILES string of the molecule is C#CC(=O)C(NC(=O)OCc1ccccc1)C(C)=N. The largest absolute Gasteiger partial charge is 0.445 e. The molecule has 5 nitrogen and oxygen atoms in total. The summed E-state index contributed by atoms with van der Waals surface area (Å²) in [5.41, 5.74) is 0.781. The highest BCUT2D eigenvalue weighted by Gasteiger charge is 2.21. The molecule has 1 amide bonds. The van der Waals surface area contributed by atoms with Crippen molar-refractivity contribution < 1.29 is 14.3 Å². The number of ether oxygens (including phenoxy) is 1. The molecule has 0 radical (unpaired) electrons. The van der Waals surface area contributed by atoms with Gasteiger partial charge in [-0.05, 0) is 18.4 Å². The first kappa shape index (κ1) is 14.5. The normalized spacial score (nSPS) is 10.9. The summed E-state index contributed by atoms with van der Waals surface area (Å²) in [7, 11) is 0. The lowest BCUT2D eigenvalue weighted by Crippen LogP contribution is -2.45. The maximum Gasteiger partial charge on any atom is 0.408 e. The Hall–Kier alpha value is -2.61. The highest BCUT2D eigenvalue weighted by Crippen LogP contribution is 2.01. The standard InChI is InChI=1S/C14H14N2O3/c1-3-12(17)13(10(2)15)16-14(18)19-9-11-7-5-4-6-8-11/h1,4-8,13,15H,9H2,2H3,(H,16,18). The highest BCUT2D eigenvalue weighted by molar-refractivity contribution is 6.15. The van der Waals surface area contributed by atoms with Crippen molar-refractivity contribution in [2.75, 3.05) is 0 Å². The monoisotopic (exact) mass is 258 g/mol. The number of carbonyl (C=O) groups excluding carboxylic acids is 2. The molecule has 1 aromatic carbocycles. The molecule has 5 heteroatoms. The number of ketones is 1. The Kier molecular flexibility index (Phi) is 5.30. The van der Waals surface area contributed by atoms with Gasteiger partial charge in [-0.25, -0.2) is 4.79 Å². The van der Waals surface area contributed by atoms with Gasteiger partial charge in [0.15, 0.2) is 0 Å². The van der Waals surface area contributed by atoms with Gasteiger partial charge in [-0.2, -0.15) is 0 Å². The topological polar surface area (TPSA) is 79.2 Å². The van der Waals surface area contributed by atoms with Gasteiger partial charge in [0, 0.05) is 5.71 Å². The van der Waals surface area contributed by atoms with Crippen LogP contribution in [0.2, 0.25) is 0 Å². The van der Waals surface area contributed by atoms with Crippen molar-refractivity contribution in [3.8, 4) is 12.3 Å². The van der Waals surface area contributed by atoms with Crippen molar-refractivity contribution in [1.82, 2.24) is 5.32 Å². The van der Waals surface area contributed by atoms with Gasteiger partial charge in [-0.1, -0.05) is 30.3 Å². The van der Waals surface area contributed by atoms with Crippen molar-refractivity contribution in [2.45, 2.75) is 19.6 Å². The molecule has 2 N–H and O–H groups in total. The number of nitrogens with one attached hydrogen (secondary N) is 2. The fourth-order valence-electron chi connectivity index (χ4n) is 1.34. The van der Waals surface area contributed by atoms with Gasteiger partial charge < -0.3 is 15.5 Å². The molecular formula is C14H14N2O3. The minimum absolute atomic E-state index is 0.0420. The first-order chi connectivity index (χ1) is 9.04. The maximum atomic E-state index is 11.5. The molecule has 0 aliphatic carbocycles. The molecule has 1 atom stereocenters. The predicted octanol–water partition coefficient (Wildman–Crippen LogP) is 1.52. The van der Waals surface area contributed by atoms with Crippen LogP contribution in [0.4, 0.5) is 4.79 Å². The second-order valence-corrected chi connectivity index (χ2v) is 3.83. The van der Waals surface area contributed by atoms with Crippen molar-refractivity contribution in [1.29, 1.82) is 5.41 Å². The Morgan fingerprint density at radius 1 is 1.42 bits per heavy atom. The van der Waals surface area contributed by atoms with Crippen LogP contribution < -0.4 is 5.32 Å². The van der Waals surface area contributed by atoms with Crippen LogP contribution >= 0.6 is 0 Å². The van der Waals surface area contributed by atoms with Gasteiger partial charge >= 0.3 is 6.09 Å². The lowest BCUT2D eigenvalue weighted by molar-refractivity contribution is -0.114. The van der Waals surface area contributed by atoms with Crippen LogP contribution in [0.3, 0.4) is 0 Å². The van der Waals surface area contributed by atoms with Crippen molar-refractivity contribution >= 4 is 17.6 Å². The van der Waals surface area contributed by atoms with Crippen LogP contribution in [0.1, 0.15) is 12.5 Å². The van der Waals surface area contributed by atoms with E-state index >= 15 is 0 Å². The molecule has 1 unspecified atom stereocenters. The van der Waals surface area contributed by atoms with Crippen LogP contribution in [0.15, 0.2) is 30.3 Å². The average Bonchev–Trinajstić information content (AvgIpc) is 2.42. The number of hydrogen-bond acceptors (Lipinski definition) is 4. The van der Waals surface area contributed by atoms with E-state index in [-0.39, 0.29) is 12.3 Å². The lowest BCUT2D eigenvalue weighted by Gasteiger charge is -2.13. The number of amides is 1. The Balaban J connectivity index is 2.52. The molecule has 0 heterocycles. The third kappa shape index (κ3) is 4.64. The van der Waals surface area contributed by atoms with Crippen LogP contribution in [0, 0.1) is 17.8 Å². The van der Waals surface area contributed by atoms with Crippen LogP contribution in [-0.4, -0.2) is 23.6 Å². The second-order valence-electron chi connectivity index (χ2n) is 3.83. The fourth-order valence-corrected chi connectivity index (χ4v) is 1.34. The Labute approximate surface area is 111 Å². The first-order valence-electron chi connectivity index (χ1n) is 5.57. The van der Waals surface area contributed by atoms with Crippen molar-refractivity contribution in [2.24, 2.45) is 0 Å². The summed E-state index contributed by atoms with van der Waals surface area (Å²) < 4.78 is 4.94. The second kappa shape index (κ2) is 6.97. The molecule has 0 aliphatic heterocycles. The number of terminal acetylenes is 1. The van der Waals surface area contributed by atoms with E-state index in [1.165, 1.54) is 6.92 Å². The summed E-state index contributed by atoms with van der Waals surface area (Å²) in [6.45, 7) is 1.47. The Morgan fingerprint density at radius 2 is 2.05 bits per heavy atom. The van der Waals surface area contributed by atoms with E-state index in [0.29, 0.717) is 0 Å². The van der Waals surface area contributed by atoms with E-state index < -0.39 is 17.9 Å². The molecule has 98 valence electrons. The summed E-state index contributed by atoms with van der Waals surface area (Å²) in [5, 5.41) is 9.65. The Morgan fingerprint density at radius 3 is 2.58 bits per heavy atom. The summed E-state index contributed by atoms with van der Waals surface area (Å²) in [5.74, 6) is 1.20. The van der Waals surface area contributed by atoms with Gasteiger partial charge in [-0.15, -0.1) is 6.42 Å². The van der Waals surface area contributed by atoms with Gasteiger partial charge in [0.1, 0.15) is 12.6 Å². The zero-order valence-electron chi connectivity index (χ0n) is 10.5. The van der Waals surface area contributed by atoms with Crippen molar-refractivity contribution in [3.63, 3.8) is 0 Å². The van der Waals surface area contributed by atoms with Crippen molar-refractivity contribution in [3.05, 3.63) is 35.9 Å². The number of hydrogen-bond donors (Lipinski definition) is 2. The molecule has 19 heavy (non-hydrogen) atoms. The molecule has 0 aliphatic rings. The quantitative estimate of drug-likeness (QED) is 0.477. The number of carbonyl (C=O) groups is 2. The number of benzene rings is 1. The molecule has 0 fully saturated rings. The van der Waals surface area contributed by atoms with E-state index in [1.54, 1.807) is 12.1 Å². The molecule has 0 saturated heterocycles. The summed E-state index contributed by atoms with van der Waals surface area (Å²) in [4.78, 5) is 22.8.